The molecule has 0 aliphatic carbocycles. The second-order valence-electron chi connectivity index (χ2n) is 2.68. The Morgan fingerprint density at radius 2 is 2.18 bits per heavy atom. The van der Waals surface area contributed by atoms with Crippen molar-refractivity contribution in [3.63, 3.8) is 0 Å². The lowest BCUT2D eigenvalue weighted by Crippen LogP contribution is -2.37. The summed E-state index contributed by atoms with van der Waals surface area (Å²) in [7, 11) is 3.34. The van der Waals surface area contributed by atoms with Gasteiger partial charge in [0.15, 0.2) is 0 Å². The number of carbonyl (C=O) groups is 1. The maximum atomic E-state index is 11.0. The van der Waals surface area contributed by atoms with E-state index in [-0.39, 0.29) is 12.0 Å². The minimum Gasteiger partial charge on any atom is -0.468 e. The van der Waals surface area contributed by atoms with Gasteiger partial charge < -0.3 is 4.74 Å². The predicted octanol–water partition coefficient (Wildman–Crippen LogP) is 0.890. The summed E-state index contributed by atoms with van der Waals surface area (Å²) in [6.45, 7) is 4.86. The van der Waals surface area contributed by atoms with Gasteiger partial charge >= 0.3 is 5.97 Å². The molecule has 0 bridgehead atoms. The fourth-order valence-corrected chi connectivity index (χ4v) is 0.897. The molecule has 11 heavy (non-hydrogen) atoms. The first-order valence-electron chi connectivity index (χ1n) is 3.91. The maximum Gasteiger partial charge on any atom is 0.322 e. The Bertz CT molecular complexity index is 125. The number of hydrogen-bond donors (Lipinski definition) is 0. The Hall–Kier alpha value is -0.570. The van der Waals surface area contributed by atoms with Crippen molar-refractivity contribution < 1.29 is 9.53 Å². The van der Waals surface area contributed by atoms with E-state index in [2.05, 4.69) is 11.7 Å². The number of methoxy groups -OCH3 is 1. The Labute approximate surface area is 68.3 Å². The monoisotopic (exact) mass is 159 g/mol. The van der Waals surface area contributed by atoms with Gasteiger partial charge in [0.2, 0.25) is 0 Å². The summed E-state index contributed by atoms with van der Waals surface area (Å²) in [5.74, 6) is -0.166. The summed E-state index contributed by atoms with van der Waals surface area (Å²) < 4.78 is 4.60. The Balaban J connectivity index is 3.80. The van der Waals surface area contributed by atoms with Crippen molar-refractivity contribution in [1.29, 1.82) is 0 Å². The molecule has 0 aliphatic rings. The van der Waals surface area contributed by atoms with Crippen LogP contribution in [0.5, 0.6) is 0 Å². The molecule has 0 heterocycles. The zero-order valence-corrected chi connectivity index (χ0v) is 7.76. The fourth-order valence-electron chi connectivity index (χ4n) is 0.897. The second-order valence-corrected chi connectivity index (χ2v) is 2.68. The van der Waals surface area contributed by atoms with E-state index in [9.17, 15) is 4.79 Å². The molecule has 0 amide bonds. The summed E-state index contributed by atoms with van der Waals surface area (Å²) in [6.07, 6.45) is 1.05. The molecule has 1 unspecified atom stereocenters. The molecular weight excluding hydrogens is 142 g/mol. The van der Waals surface area contributed by atoms with Gasteiger partial charge in [-0.1, -0.05) is 6.92 Å². The van der Waals surface area contributed by atoms with E-state index in [0.717, 1.165) is 13.0 Å². The molecule has 0 aromatic carbocycles. The van der Waals surface area contributed by atoms with Crippen LogP contribution in [0, 0.1) is 0 Å². The Kier molecular flexibility index (Phi) is 4.86. The highest BCUT2D eigenvalue weighted by Crippen LogP contribution is 1.98. The van der Waals surface area contributed by atoms with Crippen LogP contribution in [0.15, 0.2) is 0 Å². The lowest BCUT2D eigenvalue weighted by Gasteiger charge is -2.21. The molecule has 0 saturated heterocycles. The number of likely N-dealkylation sites (N-methyl/N-ethyl adjacent to an activating group) is 1. The lowest BCUT2D eigenvalue weighted by molar-refractivity contribution is -0.145. The third kappa shape index (κ3) is 3.37. The van der Waals surface area contributed by atoms with Gasteiger partial charge in [0, 0.05) is 0 Å². The van der Waals surface area contributed by atoms with Crippen molar-refractivity contribution in [2.75, 3.05) is 20.7 Å². The van der Waals surface area contributed by atoms with Crippen molar-refractivity contribution in [1.82, 2.24) is 4.90 Å². The first-order valence-corrected chi connectivity index (χ1v) is 3.91. The molecule has 0 spiro atoms. The molecule has 0 aromatic rings. The molecule has 0 N–H and O–H groups in total. The van der Waals surface area contributed by atoms with E-state index >= 15 is 0 Å². The second kappa shape index (κ2) is 5.13. The zero-order chi connectivity index (χ0) is 8.85. The van der Waals surface area contributed by atoms with Crippen LogP contribution >= 0.6 is 0 Å². The minimum absolute atomic E-state index is 0.125. The van der Waals surface area contributed by atoms with Gasteiger partial charge in [0.05, 0.1) is 7.11 Å². The van der Waals surface area contributed by atoms with Crippen molar-refractivity contribution in [3.8, 4) is 0 Å². The van der Waals surface area contributed by atoms with E-state index in [1.54, 1.807) is 0 Å². The summed E-state index contributed by atoms with van der Waals surface area (Å²) in [6, 6.07) is -0.125. The van der Waals surface area contributed by atoms with Crippen LogP contribution in [-0.4, -0.2) is 37.6 Å². The highest BCUT2D eigenvalue weighted by atomic mass is 16.5. The van der Waals surface area contributed by atoms with Crippen LogP contribution in [0.2, 0.25) is 0 Å². The molecule has 0 aliphatic heterocycles. The van der Waals surface area contributed by atoms with Crippen molar-refractivity contribution in [3.05, 3.63) is 0 Å². The van der Waals surface area contributed by atoms with E-state index in [1.165, 1.54) is 7.11 Å². The first kappa shape index (κ1) is 10.4. The van der Waals surface area contributed by atoms with Crippen molar-refractivity contribution in [2.45, 2.75) is 26.3 Å². The fraction of sp³-hybridized carbons (Fsp3) is 0.875. The molecule has 0 saturated carbocycles. The average Bonchev–Trinajstić information content (AvgIpc) is 2.02. The lowest BCUT2D eigenvalue weighted by atomic mass is 10.3. The Morgan fingerprint density at radius 1 is 1.64 bits per heavy atom. The quantitative estimate of drug-likeness (QED) is 0.570. The van der Waals surface area contributed by atoms with Gasteiger partial charge in [-0.05, 0) is 26.9 Å². The van der Waals surface area contributed by atoms with Crippen LogP contribution < -0.4 is 0 Å². The van der Waals surface area contributed by atoms with Gasteiger partial charge in [-0.15, -0.1) is 0 Å². The predicted molar refractivity (Wildman–Crippen MR) is 44.4 cm³/mol. The summed E-state index contributed by atoms with van der Waals surface area (Å²) >= 11 is 0. The summed E-state index contributed by atoms with van der Waals surface area (Å²) in [5.41, 5.74) is 0. The van der Waals surface area contributed by atoms with Crippen LogP contribution in [0.1, 0.15) is 20.3 Å². The molecule has 3 nitrogen and oxygen atoms in total. The Morgan fingerprint density at radius 3 is 2.55 bits per heavy atom. The standard InChI is InChI=1S/C8H17NO2/c1-5-6-9(3)7(2)8(10)11-4/h7H,5-6H2,1-4H3. The zero-order valence-electron chi connectivity index (χ0n) is 7.76. The largest absolute Gasteiger partial charge is 0.468 e. The molecule has 66 valence electrons. The van der Waals surface area contributed by atoms with Crippen LogP contribution in [0.4, 0.5) is 0 Å². The van der Waals surface area contributed by atoms with Gasteiger partial charge in [0.1, 0.15) is 6.04 Å². The van der Waals surface area contributed by atoms with E-state index in [4.69, 9.17) is 0 Å². The smallest absolute Gasteiger partial charge is 0.322 e. The van der Waals surface area contributed by atoms with E-state index in [0.29, 0.717) is 0 Å². The third-order valence-corrected chi connectivity index (χ3v) is 1.78. The van der Waals surface area contributed by atoms with Crippen molar-refractivity contribution in [2.24, 2.45) is 0 Å². The highest BCUT2D eigenvalue weighted by Gasteiger charge is 2.16. The van der Waals surface area contributed by atoms with Crippen LogP contribution in [-0.2, 0) is 9.53 Å². The molecule has 0 fully saturated rings. The van der Waals surface area contributed by atoms with Gasteiger partial charge in [-0.3, -0.25) is 9.69 Å². The van der Waals surface area contributed by atoms with E-state index < -0.39 is 0 Å². The number of rotatable bonds is 4. The number of hydrogen-bond acceptors (Lipinski definition) is 3. The molecule has 0 aromatic heterocycles. The average molecular weight is 159 g/mol. The van der Waals surface area contributed by atoms with Gasteiger partial charge in [-0.2, -0.15) is 0 Å². The van der Waals surface area contributed by atoms with Crippen LogP contribution in [0.25, 0.3) is 0 Å². The third-order valence-electron chi connectivity index (χ3n) is 1.78. The van der Waals surface area contributed by atoms with Crippen molar-refractivity contribution >= 4 is 5.97 Å². The molecule has 3 heteroatoms. The summed E-state index contributed by atoms with van der Waals surface area (Å²) in [4.78, 5) is 12.9. The van der Waals surface area contributed by atoms with Gasteiger partial charge in [-0.25, -0.2) is 0 Å². The number of esters is 1. The number of nitrogens with zero attached hydrogens (tertiary/aromatic N) is 1. The normalized spacial score (nSPS) is 13.2. The van der Waals surface area contributed by atoms with Crippen LogP contribution in [0.3, 0.4) is 0 Å². The number of carbonyl (C=O) groups excluding carboxylic acids is 1. The van der Waals surface area contributed by atoms with E-state index in [1.807, 2.05) is 18.9 Å². The molecule has 0 rings (SSSR count). The minimum atomic E-state index is -0.166. The van der Waals surface area contributed by atoms with Gasteiger partial charge in [0.25, 0.3) is 0 Å². The SMILES string of the molecule is CCCN(C)C(C)C(=O)OC. The molecular formula is C8H17NO2. The molecule has 0 radical (unpaired) electrons. The topological polar surface area (TPSA) is 29.5 Å². The summed E-state index contributed by atoms with van der Waals surface area (Å²) in [5, 5.41) is 0. The highest BCUT2D eigenvalue weighted by molar-refractivity contribution is 5.75. The first-order chi connectivity index (χ1) is 5.13. The number of ether oxygens (including phenoxy) is 1. The molecule has 1 atom stereocenters. The maximum absolute atomic E-state index is 11.0.